The van der Waals surface area contributed by atoms with Gasteiger partial charge >= 0.3 is 5.97 Å². The van der Waals surface area contributed by atoms with Gasteiger partial charge in [-0.25, -0.2) is 9.78 Å². The van der Waals surface area contributed by atoms with Gasteiger partial charge in [-0.1, -0.05) is 0 Å². The first-order valence-corrected chi connectivity index (χ1v) is 5.62. The molecule has 0 saturated carbocycles. The van der Waals surface area contributed by atoms with Crippen molar-refractivity contribution in [3.05, 3.63) is 17.8 Å². The lowest BCUT2D eigenvalue weighted by Gasteiger charge is -2.23. The minimum Gasteiger partial charge on any atom is -0.477 e. The zero-order valence-corrected chi connectivity index (χ0v) is 9.64. The molecule has 18 heavy (non-hydrogen) atoms. The van der Waals surface area contributed by atoms with Crippen LogP contribution < -0.4 is 16.4 Å². The molecule has 1 aromatic heterocycles. The molecule has 2 heterocycles. The molecule has 1 fully saturated rings. The van der Waals surface area contributed by atoms with Crippen LogP contribution in [0.1, 0.15) is 23.3 Å². The standard InChI is InChI=1S/C11H14N4O3/c12-6-3-4-8(11(17)18)15-9(6)14-7-2-1-5-13-10(7)16/h3-4,7H,1-2,5,12H2,(H,13,16)(H,14,15)(H,17,18). The molecule has 7 heteroatoms. The molecule has 1 atom stereocenters. The minimum atomic E-state index is -1.13. The molecule has 96 valence electrons. The van der Waals surface area contributed by atoms with E-state index in [2.05, 4.69) is 15.6 Å². The van der Waals surface area contributed by atoms with E-state index >= 15 is 0 Å². The summed E-state index contributed by atoms with van der Waals surface area (Å²) in [6.45, 7) is 0.662. The Hall–Kier alpha value is -2.31. The Morgan fingerprint density at radius 1 is 1.56 bits per heavy atom. The van der Waals surface area contributed by atoms with Crippen LogP contribution in [0.15, 0.2) is 12.1 Å². The number of piperidine rings is 1. The summed E-state index contributed by atoms with van der Waals surface area (Å²) in [6, 6.07) is 2.36. The van der Waals surface area contributed by atoms with Crippen LogP contribution in [0.25, 0.3) is 0 Å². The van der Waals surface area contributed by atoms with E-state index < -0.39 is 12.0 Å². The van der Waals surface area contributed by atoms with Crippen molar-refractivity contribution in [2.45, 2.75) is 18.9 Å². The van der Waals surface area contributed by atoms with Crippen LogP contribution >= 0.6 is 0 Å². The van der Waals surface area contributed by atoms with Crippen LogP contribution in [-0.4, -0.2) is 34.6 Å². The Morgan fingerprint density at radius 2 is 2.33 bits per heavy atom. The van der Waals surface area contributed by atoms with Gasteiger partial charge in [0.2, 0.25) is 5.91 Å². The highest BCUT2D eigenvalue weighted by Crippen LogP contribution is 2.19. The third-order valence-electron chi connectivity index (χ3n) is 2.74. The number of aromatic carboxylic acids is 1. The highest BCUT2D eigenvalue weighted by atomic mass is 16.4. The first-order valence-electron chi connectivity index (χ1n) is 5.62. The van der Waals surface area contributed by atoms with Gasteiger partial charge in [0.25, 0.3) is 0 Å². The average molecular weight is 250 g/mol. The van der Waals surface area contributed by atoms with E-state index in [1.807, 2.05) is 0 Å². The van der Waals surface area contributed by atoms with E-state index in [0.29, 0.717) is 18.7 Å². The Morgan fingerprint density at radius 3 is 3.00 bits per heavy atom. The summed E-state index contributed by atoms with van der Waals surface area (Å²) in [5.74, 6) is -1.02. The van der Waals surface area contributed by atoms with Crippen molar-refractivity contribution in [1.82, 2.24) is 10.3 Å². The number of nitrogen functional groups attached to an aromatic ring is 1. The molecular weight excluding hydrogens is 236 g/mol. The largest absolute Gasteiger partial charge is 0.477 e. The fraction of sp³-hybridized carbons (Fsp3) is 0.364. The summed E-state index contributed by atoms with van der Waals surface area (Å²) in [6.07, 6.45) is 1.53. The molecule has 1 saturated heterocycles. The number of hydrogen-bond donors (Lipinski definition) is 4. The van der Waals surface area contributed by atoms with Crippen molar-refractivity contribution in [2.75, 3.05) is 17.6 Å². The second-order valence-corrected chi connectivity index (χ2v) is 4.07. The number of amides is 1. The number of nitrogens with two attached hydrogens (primary N) is 1. The Balaban J connectivity index is 2.19. The van der Waals surface area contributed by atoms with E-state index in [4.69, 9.17) is 10.8 Å². The van der Waals surface area contributed by atoms with E-state index in [-0.39, 0.29) is 17.4 Å². The molecule has 7 nitrogen and oxygen atoms in total. The predicted octanol–water partition coefficient (Wildman–Crippen LogP) is 0.0525. The van der Waals surface area contributed by atoms with Gasteiger partial charge in [0.15, 0.2) is 11.5 Å². The number of rotatable bonds is 3. The fourth-order valence-corrected chi connectivity index (χ4v) is 1.78. The van der Waals surface area contributed by atoms with E-state index in [1.165, 1.54) is 12.1 Å². The number of hydrogen-bond acceptors (Lipinski definition) is 5. The Kier molecular flexibility index (Phi) is 3.31. The van der Waals surface area contributed by atoms with Crippen LogP contribution in [-0.2, 0) is 4.79 Å². The first kappa shape index (κ1) is 12.2. The van der Waals surface area contributed by atoms with Gasteiger partial charge in [-0.3, -0.25) is 4.79 Å². The summed E-state index contributed by atoms with van der Waals surface area (Å²) in [7, 11) is 0. The molecule has 1 amide bonds. The molecular formula is C11H14N4O3. The average Bonchev–Trinajstić information content (AvgIpc) is 2.34. The zero-order chi connectivity index (χ0) is 13.1. The van der Waals surface area contributed by atoms with Crippen molar-refractivity contribution < 1.29 is 14.7 Å². The van der Waals surface area contributed by atoms with Gasteiger partial charge in [0.05, 0.1) is 5.69 Å². The van der Waals surface area contributed by atoms with E-state index in [0.717, 1.165) is 6.42 Å². The lowest BCUT2D eigenvalue weighted by atomic mass is 10.1. The topological polar surface area (TPSA) is 117 Å². The zero-order valence-electron chi connectivity index (χ0n) is 9.64. The van der Waals surface area contributed by atoms with Crippen LogP contribution in [0, 0.1) is 0 Å². The number of aromatic nitrogens is 1. The molecule has 1 aromatic rings. The van der Waals surface area contributed by atoms with E-state index in [1.54, 1.807) is 0 Å². The van der Waals surface area contributed by atoms with Crippen molar-refractivity contribution in [2.24, 2.45) is 0 Å². The number of pyridine rings is 1. The van der Waals surface area contributed by atoms with Crippen LogP contribution in [0.3, 0.4) is 0 Å². The lowest BCUT2D eigenvalue weighted by molar-refractivity contribution is -0.123. The van der Waals surface area contributed by atoms with Crippen molar-refractivity contribution >= 4 is 23.4 Å². The molecule has 0 radical (unpaired) electrons. The summed E-state index contributed by atoms with van der Waals surface area (Å²) < 4.78 is 0. The summed E-state index contributed by atoms with van der Waals surface area (Å²) in [5.41, 5.74) is 5.91. The molecule has 0 spiro atoms. The van der Waals surface area contributed by atoms with E-state index in [9.17, 15) is 9.59 Å². The molecule has 0 aromatic carbocycles. The number of carboxylic acids is 1. The van der Waals surface area contributed by atoms with Crippen molar-refractivity contribution in [3.8, 4) is 0 Å². The maximum absolute atomic E-state index is 11.6. The quantitative estimate of drug-likeness (QED) is 0.602. The Bertz CT molecular complexity index is 489. The number of carbonyl (C=O) groups is 2. The van der Waals surface area contributed by atoms with Gasteiger partial charge in [-0.05, 0) is 25.0 Å². The van der Waals surface area contributed by atoms with Crippen LogP contribution in [0.5, 0.6) is 0 Å². The maximum Gasteiger partial charge on any atom is 0.354 e. The highest BCUT2D eigenvalue weighted by molar-refractivity contribution is 5.88. The smallest absolute Gasteiger partial charge is 0.354 e. The molecule has 0 aliphatic carbocycles. The molecule has 1 aliphatic heterocycles. The number of carbonyl (C=O) groups excluding carboxylic acids is 1. The summed E-state index contributed by atoms with van der Waals surface area (Å²) in [5, 5.41) is 14.5. The molecule has 0 bridgehead atoms. The monoisotopic (exact) mass is 250 g/mol. The Labute approximate surface area is 103 Å². The van der Waals surface area contributed by atoms with Crippen molar-refractivity contribution in [3.63, 3.8) is 0 Å². The molecule has 1 aliphatic rings. The van der Waals surface area contributed by atoms with Crippen LogP contribution in [0.2, 0.25) is 0 Å². The predicted molar refractivity (Wildman–Crippen MR) is 65.3 cm³/mol. The second kappa shape index (κ2) is 4.91. The minimum absolute atomic E-state index is 0.108. The van der Waals surface area contributed by atoms with Gasteiger partial charge in [0, 0.05) is 6.54 Å². The maximum atomic E-state index is 11.6. The SMILES string of the molecule is Nc1ccc(C(=O)O)nc1NC1CCCNC1=O. The summed E-state index contributed by atoms with van der Waals surface area (Å²) >= 11 is 0. The second-order valence-electron chi connectivity index (χ2n) is 4.07. The van der Waals surface area contributed by atoms with Crippen molar-refractivity contribution in [1.29, 1.82) is 0 Å². The highest BCUT2D eigenvalue weighted by Gasteiger charge is 2.23. The number of nitrogens with one attached hydrogen (secondary N) is 2. The number of nitrogens with zero attached hydrogens (tertiary/aromatic N) is 1. The van der Waals surface area contributed by atoms with Gasteiger partial charge in [-0.15, -0.1) is 0 Å². The molecule has 5 N–H and O–H groups in total. The number of carboxylic acid groups (broad SMARTS) is 1. The third-order valence-corrected chi connectivity index (χ3v) is 2.74. The van der Waals surface area contributed by atoms with Gasteiger partial charge in [-0.2, -0.15) is 0 Å². The fourth-order valence-electron chi connectivity index (χ4n) is 1.78. The lowest BCUT2D eigenvalue weighted by Crippen LogP contribution is -2.44. The number of anilines is 2. The third kappa shape index (κ3) is 2.50. The summed E-state index contributed by atoms with van der Waals surface area (Å²) in [4.78, 5) is 26.3. The first-order chi connectivity index (χ1) is 8.58. The normalized spacial score (nSPS) is 19.1. The molecule has 1 unspecified atom stereocenters. The van der Waals surface area contributed by atoms with Crippen LogP contribution in [0.4, 0.5) is 11.5 Å². The van der Waals surface area contributed by atoms with Gasteiger partial charge < -0.3 is 21.5 Å². The van der Waals surface area contributed by atoms with Gasteiger partial charge in [0.1, 0.15) is 6.04 Å². The molecule has 2 rings (SSSR count).